The summed E-state index contributed by atoms with van der Waals surface area (Å²) in [5, 5.41) is 5.87. The predicted molar refractivity (Wildman–Crippen MR) is 167 cm³/mol. The van der Waals surface area contributed by atoms with Gasteiger partial charge in [0.1, 0.15) is 11.3 Å². The lowest BCUT2D eigenvalue weighted by Gasteiger charge is -2.19. The zero-order valence-corrected chi connectivity index (χ0v) is 25.8. The Hall–Kier alpha value is -4.75. The Bertz CT molecular complexity index is 2000. The van der Waals surface area contributed by atoms with Crippen LogP contribution in [0.25, 0.3) is 33.6 Å². The molecule has 0 spiro atoms. The number of nitrogens with one attached hydrogen (secondary N) is 2. The number of rotatable bonds is 8. The SMILES string of the molecule is Cc1c(-c2cccc(-c3ccc(CNCC4CCC(=O)N4)c(C(F)(F)F)n3)c2Cl)cccc1-c1c(C(N)=O)c(=O)n(C)c(=O)n1C. The van der Waals surface area contributed by atoms with Gasteiger partial charge in [-0.05, 0) is 36.1 Å². The lowest BCUT2D eigenvalue weighted by atomic mass is 9.92. The minimum absolute atomic E-state index is 0.00440. The van der Waals surface area contributed by atoms with Crippen molar-refractivity contribution in [2.75, 3.05) is 6.54 Å². The van der Waals surface area contributed by atoms with Crippen molar-refractivity contribution in [2.24, 2.45) is 19.8 Å². The number of alkyl halides is 3. The van der Waals surface area contributed by atoms with Crippen LogP contribution in [0.1, 0.15) is 40.0 Å². The average molecular weight is 655 g/mol. The molecule has 1 unspecified atom stereocenters. The Kier molecular flexibility index (Phi) is 8.91. The first-order chi connectivity index (χ1) is 21.7. The molecule has 1 saturated heterocycles. The zero-order chi connectivity index (χ0) is 33.5. The molecular formula is C32H30ClF3N6O4. The van der Waals surface area contributed by atoms with Crippen molar-refractivity contribution in [1.29, 1.82) is 0 Å². The van der Waals surface area contributed by atoms with Crippen molar-refractivity contribution in [3.05, 3.63) is 96.8 Å². The number of hydrogen-bond donors (Lipinski definition) is 3. The number of hydrogen-bond acceptors (Lipinski definition) is 6. The first-order valence-electron chi connectivity index (χ1n) is 14.3. The van der Waals surface area contributed by atoms with E-state index >= 15 is 0 Å². The Balaban J connectivity index is 1.56. The molecule has 4 aromatic rings. The van der Waals surface area contributed by atoms with Crippen LogP contribution >= 0.6 is 11.6 Å². The van der Waals surface area contributed by atoms with E-state index in [2.05, 4.69) is 15.6 Å². The van der Waals surface area contributed by atoms with Gasteiger partial charge in [-0.3, -0.25) is 23.5 Å². The van der Waals surface area contributed by atoms with E-state index in [4.69, 9.17) is 17.3 Å². The first-order valence-corrected chi connectivity index (χ1v) is 14.6. The molecule has 2 aromatic carbocycles. The van der Waals surface area contributed by atoms with Gasteiger partial charge in [-0.1, -0.05) is 54.1 Å². The average Bonchev–Trinajstić information content (AvgIpc) is 3.42. The Morgan fingerprint density at radius 2 is 1.67 bits per heavy atom. The normalized spacial score (nSPS) is 14.8. The summed E-state index contributed by atoms with van der Waals surface area (Å²) < 4.78 is 44.5. The van der Waals surface area contributed by atoms with Crippen molar-refractivity contribution < 1.29 is 22.8 Å². The molecule has 1 aliphatic heterocycles. The molecule has 0 saturated carbocycles. The van der Waals surface area contributed by atoms with Crippen LogP contribution in [-0.2, 0) is 31.6 Å². The highest BCUT2D eigenvalue weighted by Gasteiger charge is 2.36. The highest BCUT2D eigenvalue weighted by atomic mass is 35.5. The summed E-state index contributed by atoms with van der Waals surface area (Å²) in [4.78, 5) is 53.4. The maximum absolute atomic E-state index is 14.2. The maximum atomic E-state index is 14.2. The molecule has 0 bridgehead atoms. The van der Waals surface area contributed by atoms with Crippen molar-refractivity contribution in [3.8, 4) is 33.6 Å². The third-order valence-corrected chi connectivity index (χ3v) is 8.51. The molecule has 14 heteroatoms. The van der Waals surface area contributed by atoms with Crippen LogP contribution in [0.3, 0.4) is 0 Å². The fourth-order valence-electron chi connectivity index (χ4n) is 5.74. The van der Waals surface area contributed by atoms with Crippen LogP contribution < -0.4 is 27.6 Å². The van der Waals surface area contributed by atoms with E-state index in [1.54, 1.807) is 43.3 Å². The standard InChI is InChI=1S/C32H30ClF3N6O4/c1-16-19(6-4-7-20(16)27-25(29(37)44)30(45)42(3)31(46)41(27)2)21-8-5-9-22(26(21)33)23-12-10-17(28(40-23)32(34,35)36)14-38-15-18-11-13-24(43)39-18/h4-10,12,18,38H,11,13-15H2,1-3H3,(H2,37,44)(H,39,43). The fourth-order valence-corrected chi connectivity index (χ4v) is 6.07. The maximum Gasteiger partial charge on any atom is 0.433 e. The molecule has 2 aromatic heterocycles. The van der Waals surface area contributed by atoms with Gasteiger partial charge < -0.3 is 16.4 Å². The predicted octanol–water partition coefficient (Wildman–Crippen LogP) is 3.93. The third kappa shape index (κ3) is 6.07. The molecule has 0 aliphatic carbocycles. The lowest BCUT2D eigenvalue weighted by molar-refractivity contribution is -0.141. The lowest BCUT2D eigenvalue weighted by Crippen LogP contribution is -2.42. The summed E-state index contributed by atoms with van der Waals surface area (Å²) in [6.45, 7) is 1.93. The van der Waals surface area contributed by atoms with E-state index in [1.807, 2.05) is 0 Å². The quantitative estimate of drug-likeness (QED) is 0.263. The van der Waals surface area contributed by atoms with Gasteiger partial charge in [0, 0.05) is 56.3 Å². The second-order valence-corrected chi connectivity index (χ2v) is 11.5. The van der Waals surface area contributed by atoms with Gasteiger partial charge in [-0.15, -0.1) is 0 Å². The minimum atomic E-state index is -4.75. The Labute approximate surface area is 266 Å². The summed E-state index contributed by atoms with van der Waals surface area (Å²) in [5.41, 5.74) is 4.78. The number of primary amides is 1. The number of nitrogens with zero attached hydrogens (tertiary/aromatic N) is 3. The molecule has 5 rings (SSSR count). The molecule has 1 atom stereocenters. The van der Waals surface area contributed by atoms with Gasteiger partial charge in [-0.25, -0.2) is 9.78 Å². The molecule has 1 aliphatic rings. The van der Waals surface area contributed by atoms with Crippen LogP contribution in [0.15, 0.2) is 58.1 Å². The summed E-state index contributed by atoms with van der Waals surface area (Å²) in [6, 6.07) is 12.5. The summed E-state index contributed by atoms with van der Waals surface area (Å²) in [6.07, 6.45) is -3.74. The first kappa shape index (κ1) is 32.6. The molecule has 1 fully saturated rings. The topological polar surface area (TPSA) is 141 Å². The van der Waals surface area contributed by atoms with Gasteiger partial charge in [0.15, 0.2) is 0 Å². The van der Waals surface area contributed by atoms with Crippen LogP contribution in [-0.4, -0.2) is 38.5 Å². The Morgan fingerprint density at radius 3 is 2.30 bits per heavy atom. The number of aromatic nitrogens is 3. The smallest absolute Gasteiger partial charge is 0.365 e. The monoisotopic (exact) mass is 654 g/mol. The summed E-state index contributed by atoms with van der Waals surface area (Å²) in [7, 11) is 2.66. The number of carbonyl (C=O) groups is 2. The molecule has 2 amide bonds. The largest absolute Gasteiger partial charge is 0.433 e. The zero-order valence-electron chi connectivity index (χ0n) is 25.1. The number of pyridine rings is 1. The van der Waals surface area contributed by atoms with E-state index in [1.165, 1.54) is 26.2 Å². The van der Waals surface area contributed by atoms with Gasteiger partial charge in [0.25, 0.3) is 11.5 Å². The van der Waals surface area contributed by atoms with E-state index in [9.17, 15) is 32.3 Å². The molecule has 240 valence electrons. The minimum Gasteiger partial charge on any atom is -0.365 e. The molecule has 0 radical (unpaired) electrons. The van der Waals surface area contributed by atoms with E-state index in [-0.39, 0.29) is 51.6 Å². The fraction of sp³-hybridized carbons (Fsp3) is 0.281. The summed E-state index contributed by atoms with van der Waals surface area (Å²) >= 11 is 6.86. The van der Waals surface area contributed by atoms with E-state index < -0.39 is 29.0 Å². The van der Waals surface area contributed by atoms with Crippen molar-refractivity contribution in [1.82, 2.24) is 24.8 Å². The second kappa shape index (κ2) is 12.6. The van der Waals surface area contributed by atoms with Gasteiger partial charge in [-0.2, -0.15) is 13.2 Å². The van der Waals surface area contributed by atoms with Crippen LogP contribution in [0.5, 0.6) is 0 Å². The van der Waals surface area contributed by atoms with E-state index in [0.29, 0.717) is 41.6 Å². The molecular weight excluding hydrogens is 625 g/mol. The van der Waals surface area contributed by atoms with E-state index in [0.717, 1.165) is 9.13 Å². The number of carbonyl (C=O) groups excluding carboxylic acids is 2. The highest BCUT2D eigenvalue weighted by Crippen LogP contribution is 2.41. The molecule has 4 N–H and O–H groups in total. The molecule has 10 nitrogen and oxygen atoms in total. The van der Waals surface area contributed by atoms with Crippen molar-refractivity contribution in [3.63, 3.8) is 0 Å². The number of amides is 2. The van der Waals surface area contributed by atoms with Crippen molar-refractivity contribution in [2.45, 2.75) is 38.5 Å². The third-order valence-electron chi connectivity index (χ3n) is 8.10. The number of benzene rings is 2. The number of halogens is 4. The van der Waals surface area contributed by atoms with Gasteiger partial charge in [0.05, 0.1) is 16.4 Å². The number of nitrogens with two attached hydrogens (primary N) is 1. The van der Waals surface area contributed by atoms with Crippen LogP contribution in [0.2, 0.25) is 5.02 Å². The Morgan fingerprint density at radius 1 is 1.02 bits per heavy atom. The molecule has 46 heavy (non-hydrogen) atoms. The molecule has 3 heterocycles. The van der Waals surface area contributed by atoms with Gasteiger partial charge in [0.2, 0.25) is 5.91 Å². The van der Waals surface area contributed by atoms with Gasteiger partial charge >= 0.3 is 11.9 Å². The van der Waals surface area contributed by atoms with Crippen LogP contribution in [0.4, 0.5) is 13.2 Å². The van der Waals surface area contributed by atoms with Crippen LogP contribution in [0, 0.1) is 6.92 Å². The highest BCUT2D eigenvalue weighted by molar-refractivity contribution is 6.36. The van der Waals surface area contributed by atoms with Crippen molar-refractivity contribution >= 4 is 23.4 Å². The summed E-state index contributed by atoms with van der Waals surface area (Å²) in [5.74, 6) is -1.09. The second-order valence-electron chi connectivity index (χ2n) is 11.1.